The minimum Gasteiger partial charge on any atom is -0.454 e. The van der Waals surface area contributed by atoms with Crippen LogP contribution in [0.2, 0.25) is 0 Å². The quantitative estimate of drug-likeness (QED) is 0.801. The molecule has 0 bridgehead atoms. The topological polar surface area (TPSA) is 59.3 Å². The Morgan fingerprint density at radius 1 is 1.56 bits per heavy atom. The average Bonchev–Trinajstić information content (AvgIpc) is 2.83. The first-order valence-electron chi connectivity index (χ1n) is 5.67. The molecule has 0 saturated heterocycles. The summed E-state index contributed by atoms with van der Waals surface area (Å²) >= 11 is 3.35. The number of ketones is 1. The van der Waals surface area contributed by atoms with Crippen LogP contribution in [0.4, 0.5) is 0 Å². The Bertz CT molecular complexity index is 522. The second-order valence-corrected chi connectivity index (χ2v) is 4.88. The molecule has 0 aromatic heterocycles. The zero-order chi connectivity index (χ0) is 13.1. The first kappa shape index (κ1) is 12.9. The second kappa shape index (κ2) is 5.40. The molecule has 0 spiro atoms. The highest BCUT2D eigenvalue weighted by atomic mass is 79.9. The predicted octanol–water partition coefficient (Wildman–Crippen LogP) is 3.30. The molecule has 1 aromatic rings. The van der Waals surface area contributed by atoms with Crippen molar-refractivity contribution in [3.8, 4) is 17.6 Å². The zero-order valence-electron chi connectivity index (χ0n) is 9.90. The van der Waals surface area contributed by atoms with Crippen molar-refractivity contribution < 1.29 is 14.3 Å². The monoisotopic (exact) mass is 309 g/mol. The van der Waals surface area contributed by atoms with Crippen molar-refractivity contribution in [1.29, 1.82) is 5.26 Å². The van der Waals surface area contributed by atoms with Crippen LogP contribution in [0.25, 0.3) is 0 Å². The van der Waals surface area contributed by atoms with Gasteiger partial charge in [-0.2, -0.15) is 5.26 Å². The van der Waals surface area contributed by atoms with E-state index in [2.05, 4.69) is 15.9 Å². The molecule has 4 nitrogen and oxygen atoms in total. The largest absolute Gasteiger partial charge is 0.454 e. The van der Waals surface area contributed by atoms with Crippen LogP contribution in [-0.4, -0.2) is 12.6 Å². The molecule has 1 atom stereocenters. The van der Waals surface area contributed by atoms with E-state index in [1.165, 1.54) is 0 Å². The summed E-state index contributed by atoms with van der Waals surface area (Å²) in [6.07, 6.45) is 0.889. The van der Waals surface area contributed by atoms with Gasteiger partial charge >= 0.3 is 0 Å². The number of carbonyl (C=O) groups is 1. The fourth-order valence-corrected chi connectivity index (χ4v) is 2.43. The molecule has 0 amide bonds. The number of hydrogen-bond acceptors (Lipinski definition) is 4. The summed E-state index contributed by atoms with van der Waals surface area (Å²) in [5.41, 5.74) is 0.549. The van der Waals surface area contributed by atoms with Gasteiger partial charge in [0.05, 0.1) is 10.5 Å². The molecule has 0 N–H and O–H groups in total. The van der Waals surface area contributed by atoms with Gasteiger partial charge in [-0.3, -0.25) is 4.79 Å². The molecule has 1 unspecified atom stereocenters. The molecule has 0 saturated carbocycles. The maximum atomic E-state index is 12.2. The number of Topliss-reactive ketones (excluding diaryl/α,β-unsaturated/α-hetero) is 1. The molecular weight excluding hydrogens is 298 g/mol. The third-order valence-electron chi connectivity index (χ3n) is 2.91. The van der Waals surface area contributed by atoms with Crippen LogP contribution in [0.5, 0.6) is 11.5 Å². The fourth-order valence-electron chi connectivity index (χ4n) is 1.88. The van der Waals surface area contributed by atoms with Crippen molar-refractivity contribution in [3.05, 3.63) is 22.2 Å². The van der Waals surface area contributed by atoms with Gasteiger partial charge in [-0.15, -0.1) is 0 Å². The third-order valence-corrected chi connectivity index (χ3v) is 3.50. The SMILES string of the molecule is CCC(CC#N)C(=O)c1cc(Br)c2c(c1)OCO2. The van der Waals surface area contributed by atoms with Crippen molar-refractivity contribution in [3.63, 3.8) is 0 Å². The lowest BCUT2D eigenvalue weighted by molar-refractivity contribution is 0.0918. The molecule has 1 aromatic carbocycles. The van der Waals surface area contributed by atoms with Crippen LogP contribution in [-0.2, 0) is 0 Å². The van der Waals surface area contributed by atoms with E-state index in [1.807, 2.05) is 13.0 Å². The highest BCUT2D eigenvalue weighted by Crippen LogP contribution is 2.40. The van der Waals surface area contributed by atoms with Gasteiger partial charge in [-0.1, -0.05) is 6.92 Å². The van der Waals surface area contributed by atoms with Crippen LogP contribution in [0.3, 0.4) is 0 Å². The van der Waals surface area contributed by atoms with Gasteiger partial charge in [0.25, 0.3) is 0 Å². The highest BCUT2D eigenvalue weighted by Gasteiger charge is 2.23. The standard InChI is InChI=1S/C13H12BrNO3/c1-2-8(3-4-15)12(16)9-5-10(14)13-11(6-9)17-7-18-13/h5-6,8H,2-3,7H2,1H3. The molecule has 0 fully saturated rings. The third kappa shape index (κ3) is 2.34. The molecule has 1 aliphatic rings. The van der Waals surface area contributed by atoms with Crippen molar-refractivity contribution in [1.82, 2.24) is 0 Å². The summed E-state index contributed by atoms with van der Waals surface area (Å²) in [5.74, 6) is 0.903. The molecule has 1 heterocycles. The Balaban J connectivity index is 2.32. The summed E-state index contributed by atoms with van der Waals surface area (Å²) in [5, 5.41) is 8.72. The predicted molar refractivity (Wildman–Crippen MR) is 68.6 cm³/mol. The molecular formula is C13H12BrNO3. The van der Waals surface area contributed by atoms with Crippen molar-refractivity contribution in [2.24, 2.45) is 5.92 Å². The van der Waals surface area contributed by atoms with Gasteiger partial charge in [0.1, 0.15) is 0 Å². The summed E-state index contributed by atoms with van der Waals surface area (Å²) < 4.78 is 11.2. The highest BCUT2D eigenvalue weighted by molar-refractivity contribution is 9.10. The molecule has 94 valence electrons. The van der Waals surface area contributed by atoms with Gasteiger partial charge in [-0.25, -0.2) is 0 Å². The lowest BCUT2D eigenvalue weighted by Gasteiger charge is -2.11. The Morgan fingerprint density at radius 2 is 2.33 bits per heavy atom. The van der Waals surface area contributed by atoms with Crippen LogP contribution in [0.15, 0.2) is 16.6 Å². The van der Waals surface area contributed by atoms with Gasteiger partial charge < -0.3 is 9.47 Å². The van der Waals surface area contributed by atoms with E-state index in [4.69, 9.17) is 14.7 Å². The number of rotatable bonds is 4. The number of carbonyl (C=O) groups excluding carboxylic acids is 1. The van der Waals surface area contributed by atoms with Crippen molar-refractivity contribution in [2.75, 3.05) is 6.79 Å². The summed E-state index contributed by atoms with van der Waals surface area (Å²) in [6, 6.07) is 5.44. The van der Waals surface area contributed by atoms with Crippen molar-refractivity contribution in [2.45, 2.75) is 19.8 Å². The first-order chi connectivity index (χ1) is 8.67. The zero-order valence-corrected chi connectivity index (χ0v) is 11.5. The van der Waals surface area contributed by atoms with Crippen LogP contribution in [0.1, 0.15) is 30.1 Å². The lowest BCUT2D eigenvalue weighted by atomic mass is 9.93. The molecule has 2 rings (SSSR count). The maximum Gasteiger partial charge on any atom is 0.231 e. The van der Waals surface area contributed by atoms with Crippen LogP contribution in [0, 0.1) is 17.2 Å². The van der Waals surface area contributed by atoms with E-state index in [-0.39, 0.29) is 24.9 Å². The van der Waals surface area contributed by atoms with Gasteiger partial charge in [0.2, 0.25) is 6.79 Å². The Kier molecular flexibility index (Phi) is 3.87. The van der Waals surface area contributed by atoms with E-state index in [9.17, 15) is 4.79 Å². The number of ether oxygens (including phenoxy) is 2. The smallest absolute Gasteiger partial charge is 0.231 e. The summed E-state index contributed by atoms with van der Waals surface area (Å²) in [7, 11) is 0. The lowest BCUT2D eigenvalue weighted by Crippen LogP contribution is -2.13. The Hall–Kier alpha value is -1.54. The van der Waals surface area contributed by atoms with Crippen molar-refractivity contribution >= 4 is 21.7 Å². The number of halogens is 1. The van der Waals surface area contributed by atoms with E-state index in [1.54, 1.807) is 12.1 Å². The summed E-state index contributed by atoms with van der Waals surface area (Å²) in [4.78, 5) is 12.2. The van der Waals surface area contributed by atoms with Gasteiger partial charge in [0, 0.05) is 17.9 Å². The molecule has 0 radical (unpaired) electrons. The number of nitriles is 1. The van der Waals surface area contributed by atoms with E-state index in [0.717, 1.165) is 0 Å². The number of benzene rings is 1. The van der Waals surface area contributed by atoms with Gasteiger partial charge in [0.15, 0.2) is 17.3 Å². The molecule has 0 aliphatic carbocycles. The fraction of sp³-hybridized carbons (Fsp3) is 0.385. The van der Waals surface area contributed by atoms with E-state index in [0.29, 0.717) is 28.0 Å². The minimum absolute atomic E-state index is 0.0296. The number of nitrogens with zero attached hydrogens (tertiary/aromatic N) is 1. The molecule has 5 heteroatoms. The van der Waals surface area contributed by atoms with Gasteiger partial charge in [-0.05, 0) is 34.5 Å². The Morgan fingerprint density at radius 3 is 3.00 bits per heavy atom. The number of fused-ring (bicyclic) bond motifs is 1. The molecule has 18 heavy (non-hydrogen) atoms. The average molecular weight is 310 g/mol. The minimum atomic E-state index is -0.262. The molecule has 1 aliphatic heterocycles. The Labute approximate surface area is 114 Å². The normalized spacial score (nSPS) is 14.1. The summed E-state index contributed by atoms with van der Waals surface area (Å²) in [6.45, 7) is 2.07. The van der Waals surface area contributed by atoms with Crippen LogP contribution < -0.4 is 9.47 Å². The maximum absolute atomic E-state index is 12.2. The van der Waals surface area contributed by atoms with E-state index < -0.39 is 0 Å². The van der Waals surface area contributed by atoms with Crippen LogP contribution >= 0.6 is 15.9 Å². The second-order valence-electron chi connectivity index (χ2n) is 4.02. The first-order valence-corrected chi connectivity index (χ1v) is 6.47. The van der Waals surface area contributed by atoms with E-state index >= 15 is 0 Å². The number of hydrogen-bond donors (Lipinski definition) is 0.